The standard InChI is InChI=1S/C22H20FN5O2/c1-27-17-8-7-16(24-21(29)14-5-4-6-15(23)11-14)12-19(17)30-22-18(27)13-20(25-26-22)28-9-2-3-10-28/h4-8,11-13H,2-3,9-10H2,1H3,(H,24,29). The van der Waals surface area contributed by atoms with Crippen LogP contribution in [0.25, 0.3) is 0 Å². The van der Waals surface area contributed by atoms with E-state index in [2.05, 4.69) is 20.4 Å². The van der Waals surface area contributed by atoms with Crippen LogP contribution >= 0.6 is 0 Å². The highest BCUT2D eigenvalue weighted by molar-refractivity contribution is 6.04. The number of nitrogens with one attached hydrogen (secondary N) is 1. The van der Waals surface area contributed by atoms with Gasteiger partial charge >= 0.3 is 0 Å². The lowest BCUT2D eigenvalue weighted by atomic mass is 10.1. The minimum absolute atomic E-state index is 0.247. The van der Waals surface area contributed by atoms with Crippen molar-refractivity contribution in [2.75, 3.05) is 35.3 Å². The van der Waals surface area contributed by atoms with Crippen molar-refractivity contribution in [2.45, 2.75) is 12.8 Å². The van der Waals surface area contributed by atoms with Crippen LogP contribution in [0.3, 0.4) is 0 Å². The Hall–Kier alpha value is -3.68. The second kappa shape index (κ2) is 7.29. The number of carbonyl (C=O) groups is 1. The molecule has 3 aromatic rings. The molecule has 1 saturated heterocycles. The van der Waals surface area contributed by atoms with Crippen LogP contribution in [0.4, 0.5) is 27.3 Å². The number of hydrogen-bond acceptors (Lipinski definition) is 6. The zero-order valence-electron chi connectivity index (χ0n) is 16.4. The molecule has 2 aromatic carbocycles. The van der Waals surface area contributed by atoms with Crippen LogP contribution in [-0.4, -0.2) is 36.2 Å². The maximum absolute atomic E-state index is 13.4. The van der Waals surface area contributed by atoms with Gasteiger partial charge in [0.25, 0.3) is 11.8 Å². The minimum atomic E-state index is -0.457. The van der Waals surface area contributed by atoms with Gasteiger partial charge in [-0.15, -0.1) is 10.2 Å². The number of anilines is 4. The molecule has 1 fully saturated rings. The number of carbonyl (C=O) groups excluding carboxylic acids is 1. The van der Waals surface area contributed by atoms with Crippen molar-refractivity contribution >= 4 is 28.8 Å². The highest BCUT2D eigenvalue weighted by Crippen LogP contribution is 2.46. The number of nitrogens with zero attached hydrogens (tertiary/aromatic N) is 4. The first-order chi connectivity index (χ1) is 14.6. The second-order valence-electron chi connectivity index (χ2n) is 7.40. The summed E-state index contributed by atoms with van der Waals surface area (Å²) >= 11 is 0. The van der Waals surface area contributed by atoms with Gasteiger partial charge < -0.3 is 19.9 Å². The van der Waals surface area contributed by atoms with Crippen molar-refractivity contribution < 1.29 is 13.9 Å². The lowest BCUT2D eigenvalue weighted by Crippen LogP contribution is -2.22. The summed E-state index contributed by atoms with van der Waals surface area (Å²) in [5, 5.41) is 11.4. The van der Waals surface area contributed by atoms with Gasteiger partial charge in [0.05, 0.1) is 5.69 Å². The van der Waals surface area contributed by atoms with Gasteiger partial charge in [-0.05, 0) is 43.2 Å². The third-order valence-electron chi connectivity index (χ3n) is 5.39. The molecular weight excluding hydrogens is 385 g/mol. The molecule has 3 heterocycles. The summed E-state index contributed by atoms with van der Waals surface area (Å²) in [7, 11) is 1.95. The first kappa shape index (κ1) is 18.4. The number of aromatic nitrogens is 2. The SMILES string of the molecule is CN1c2ccc(NC(=O)c3cccc(F)c3)cc2Oc2nnc(N3CCCC3)cc21. The molecule has 1 amide bonds. The van der Waals surface area contributed by atoms with E-state index < -0.39 is 11.7 Å². The largest absolute Gasteiger partial charge is 0.434 e. The van der Waals surface area contributed by atoms with E-state index in [1.807, 2.05) is 24.1 Å². The van der Waals surface area contributed by atoms with E-state index in [4.69, 9.17) is 4.74 Å². The van der Waals surface area contributed by atoms with Gasteiger partial charge in [0.1, 0.15) is 11.5 Å². The molecule has 5 rings (SSSR count). The molecule has 2 aliphatic rings. The quantitative estimate of drug-likeness (QED) is 0.699. The molecule has 0 atom stereocenters. The first-order valence-corrected chi connectivity index (χ1v) is 9.84. The van der Waals surface area contributed by atoms with Gasteiger partial charge in [0.15, 0.2) is 11.6 Å². The third-order valence-corrected chi connectivity index (χ3v) is 5.39. The highest BCUT2D eigenvalue weighted by Gasteiger charge is 2.26. The molecular formula is C22H20FN5O2. The summed E-state index contributed by atoms with van der Waals surface area (Å²) in [6.07, 6.45) is 2.33. The molecule has 1 aromatic heterocycles. The van der Waals surface area contributed by atoms with Crippen molar-refractivity contribution in [3.8, 4) is 11.6 Å². The van der Waals surface area contributed by atoms with E-state index in [1.54, 1.807) is 18.2 Å². The monoisotopic (exact) mass is 405 g/mol. The van der Waals surface area contributed by atoms with Crippen LogP contribution in [0.15, 0.2) is 48.5 Å². The fourth-order valence-electron chi connectivity index (χ4n) is 3.79. The molecule has 0 spiro atoms. The van der Waals surface area contributed by atoms with E-state index in [-0.39, 0.29) is 5.56 Å². The molecule has 0 bridgehead atoms. The van der Waals surface area contributed by atoms with E-state index in [1.165, 1.54) is 18.2 Å². The molecule has 0 radical (unpaired) electrons. The lowest BCUT2D eigenvalue weighted by Gasteiger charge is -2.29. The number of amides is 1. The molecule has 2 aliphatic heterocycles. The van der Waals surface area contributed by atoms with E-state index >= 15 is 0 Å². The van der Waals surface area contributed by atoms with Crippen LogP contribution < -0.4 is 19.9 Å². The van der Waals surface area contributed by atoms with E-state index in [0.717, 1.165) is 43.1 Å². The molecule has 30 heavy (non-hydrogen) atoms. The Kier molecular flexibility index (Phi) is 4.46. The molecule has 8 heteroatoms. The Morgan fingerprint density at radius 2 is 1.90 bits per heavy atom. The number of ether oxygens (including phenoxy) is 1. The number of halogens is 1. The number of hydrogen-bond donors (Lipinski definition) is 1. The zero-order valence-corrected chi connectivity index (χ0v) is 16.4. The number of benzene rings is 2. The van der Waals surface area contributed by atoms with Gasteiger partial charge in [0.2, 0.25) is 0 Å². The maximum atomic E-state index is 13.4. The molecule has 0 aliphatic carbocycles. The van der Waals surface area contributed by atoms with Crippen LogP contribution in [-0.2, 0) is 0 Å². The number of rotatable bonds is 3. The Balaban J connectivity index is 1.39. The summed E-state index contributed by atoms with van der Waals surface area (Å²) in [4.78, 5) is 16.6. The summed E-state index contributed by atoms with van der Waals surface area (Å²) in [5.74, 6) is 0.978. The fourth-order valence-corrected chi connectivity index (χ4v) is 3.79. The topological polar surface area (TPSA) is 70.6 Å². The maximum Gasteiger partial charge on any atom is 0.263 e. The van der Waals surface area contributed by atoms with Crippen molar-refractivity contribution in [1.29, 1.82) is 0 Å². The van der Waals surface area contributed by atoms with Crippen LogP contribution in [0, 0.1) is 5.82 Å². The summed E-state index contributed by atoms with van der Waals surface area (Å²) < 4.78 is 19.3. The Bertz CT molecular complexity index is 1130. The van der Waals surface area contributed by atoms with Crippen molar-refractivity contribution in [1.82, 2.24) is 10.2 Å². The van der Waals surface area contributed by atoms with E-state index in [0.29, 0.717) is 17.3 Å². The van der Waals surface area contributed by atoms with Gasteiger partial charge in [-0.2, -0.15) is 0 Å². The smallest absolute Gasteiger partial charge is 0.263 e. The third kappa shape index (κ3) is 3.30. The fraction of sp³-hybridized carbons (Fsp3) is 0.227. The summed E-state index contributed by atoms with van der Waals surface area (Å²) in [6, 6.07) is 12.9. The van der Waals surface area contributed by atoms with Crippen molar-refractivity contribution in [2.24, 2.45) is 0 Å². The molecule has 1 N–H and O–H groups in total. The van der Waals surface area contributed by atoms with Crippen LogP contribution in [0.2, 0.25) is 0 Å². The minimum Gasteiger partial charge on any atom is -0.434 e. The summed E-state index contributed by atoms with van der Waals surface area (Å²) in [6.45, 7) is 1.98. The van der Waals surface area contributed by atoms with E-state index in [9.17, 15) is 9.18 Å². The zero-order chi connectivity index (χ0) is 20.7. The Labute approximate surface area is 173 Å². The van der Waals surface area contributed by atoms with Crippen LogP contribution in [0.1, 0.15) is 23.2 Å². The molecule has 0 unspecified atom stereocenters. The van der Waals surface area contributed by atoms with Crippen molar-refractivity contribution in [3.63, 3.8) is 0 Å². The van der Waals surface area contributed by atoms with Gasteiger partial charge in [-0.1, -0.05) is 6.07 Å². The Morgan fingerprint density at radius 3 is 2.70 bits per heavy atom. The van der Waals surface area contributed by atoms with Crippen LogP contribution in [0.5, 0.6) is 11.6 Å². The highest BCUT2D eigenvalue weighted by atomic mass is 19.1. The van der Waals surface area contributed by atoms with Crippen molar-refractivity contribution in [3.05, 3.63) is 59.9 Å². The predicted octanol–water partition coefficient (Wildman–Crippen LogP) is 4.34. The predicted molar refractivity (Wildman–Crippen MR) is 112 cm³/mol. The normalized spacial score (nSPS) is 14.7. The first-order valence-electron chi connectivity index (χ1n) is 9.84. The Morgan fingerprint density at radius 1 is 1.07 bits per heavy atom. The molecule has 152 valence electrons. The molecule has 0 saturated carbocycles. The second-order valence-corrected chi connectivity index (χ2v) is 7.40. The van der Waals surface area contributed by atoms with Gasteiger partial charge in [-0.25, -0.2) is 4.39 Å². The molecule has 7 nitrogen and oxygen atoms in total. The lowest BCUT2D eigenvalue weighted by molar-refractivity contribution is 0.102. The van der Waals surface area contributed by atoms with Gasteiger partial charge in [0, 0.05) is 43.5 Å². The summed E-state index contributed by atoms with van der Waals surface area (Å²) in [5.41, 5.74) is 2.49. The average molecular weight is 405 g/mol. The number of fused-ring (bicyclic) bond motifs is 2. The average Bonchev–Trinajstić information content (AvgIpc) is 3.28. The van der Waals surface area contributed by atoms with Gasteiger partial charge in [-0.3, -0.25) is 4.79 Å².